The number of nitrogens with one attached hydrogen (secondary N) is 1. The zero-order valence-electron chi connectivity index (χ0n) is 9.82. The van der Waals surface area contributed by atoms with Gasteiger partial charge in [0.15, 0.2) is 5.82 Å². The van der Waals surface area contributed by atoms with E-state index in [0.717, 1.165) is 31.4 Å². The summed E-state index contributed by atoms with van der Waals surface area (Å²) < 4.78 is 1.98. The molecular weight excluding hydrogens is 188 g/mol. The molecule has 0 radical (unpaired) electrons. The van der Waals surface area contributed by atoms with E-state index < -0.39 is 0 Å². The van der Waals surface area contributed by atoms with Crippen molar-refractivity contribution in [1.82, 2.24) is 20.1 Å². The highest BCUT2D eigenvalue weighted by Crippen LogP contribution is 2.17. The molecule has 1 aromatic heterocycles. The molecule has 4 nitrogen and oxygen atoms in total. The van der Waals surface area contributed by atoms with Crippen molar-refractivity contribution in [2.24, 2.45) is 5.92 Å². The molecular formula is C11H20N4. The largest absolute Gasteiger partial charge is 0.316 e. The summed E-state index contributed by atoms with van der Waals surface area (Å²) in [6, 6.07) is 0. The lowest BCUT2D eigenvalue weighted by Gasteiger charge is -2.13. The lowest BCUT2D eigenvalue weighted by atomic mass is 9.96. The molecule has 0 spiro atoms. The van der Waals surface area contributed by atoms with Gasteiger partial charge in [0.25, 0.3) is 0 Å². The molecule has 84 valence electrons. The molecule has 1 aromatic rings. The van der Waals surface area contributed by atoms with E-state index >= 15 is 0 Å². The van der Waals surface area contributed by atoms with Crippen molar-refractivity contribution in [1.29, 1.82) is 0 Å². The zero-order chi connectivity index (χ0) is 10.9. The minimum absolute atomic E-state index is 0.0547. The molecule has 0 amide bonds. The van der Waals surface area contributed by atoms with Gasteiger partial charge in [-0.1, -0.05) is 20.8 Å². The fraction of sp³-hybridized carbons (Fsp3) is 0.818. The van der Waals surface area contributed by atoms with Gasteiger partial charge in [-0.25, -0.2) is 4.98 Å². The molecule has 1 saturated heterocycles. The SMILES string of the molecule is CC(C)(C)c1ncn(CC2CCNC2)n1. The van der Waals surface area contributed by atoms with E-state index in [0.29, 0.717) is 0 Å². The van der Waals surface area contributed by atoms with Gasteiger partial charge in [0.1, 0.15) is 6.33 Å². The first-order chi connectivity index (χ1) is 7.05. The summed E-state index contributed by atoms with van der Waals surface area (Å²) in [6.45, 7) is 9.68. The fourth-order valence-corrected chi connectivity index (χ4v) is 1.86. The summed E-state index contributed by atoms with van der Waals surface area (Å²) in [5, 5.41) is 7.89. The Morgan fingerprint density at radius 2 is 2.33 bits per heavy atom. The summed E-state index contributed by atoms with van der Waals surface area (Å²) in [6.07, 6.45) is 3.11. The van der Waals surface area contributed by atoms with Crippen LogP contribution in [0, 0.1) is 5.92 Å². The number of aromatic nitrogens is 3. The highest BCUT2D eigenvalue weighted by molar-refractivity contribution is 4.98. The van der Waals surface area contributed by atoms with Crippen LogP contribution in [0.2, 0.25) is 0 Å². The first kappa shape index (κ1) is 10.6. The molecule has 1 N–H and O–H groups in total. The molecule has 4 heteroatoms. The average Bonchev–Trinajstić information content (AvgIpc) is 2.73. The third kappa shape index (κ3) is 2.56. The first-order valence-corrected chi connectivity index (χ1v) is 5.66. The topological polar surface area (TPSA) is 42.7 Å². The van der Waals surface area contributed by atoms with E-state index in [2.05, 4.69) is 36.2 Å². The second kappa shape index (κ2) is 3.93. The van der Waals surface area contributed by atoms with Crippen LogP contribution in [0.4, 0.5) is 0 Å². The second-order valence-electron chi connectivity index (χ2n) is 5.40. The van der Waals surface area contributed by atoms with Crippen molar-refractivity contribution in [3.63, 3.8) is 0 Å². The van der Waals surface area contributed by atoms with E-state index in [1.165, 1.54) is 6.42 Å². The van der Waals surface area contributed by atoms with Crippen LogP contribution in [-0.4, -0.2) is 27.9 Å². The maximum Gasteiger partial charge on any atom is 0.155 e. The van der Waals surface area contributed by atoms with Gasteiger partial charge in [-0.2, -0.15) is 5.10 Å². The molecule has 1 fully saturated rings. The third-order valence-electron chi connectivity index (χ3n) is 2.81. The second-order valence-corrected chi connectivity index (χ2v) is 5.40. The van der Waals surface area contributed by atoms with Gasteiger partial charge >= 0.3 is 0 Å². The Bertz CT molecular complexity index is 318. The van der Waals surface area contributed by atoms with Crippen molar-refractivity contribution in [3.05, 3.63) is 12.2 Å². The van der Waals surface area contributed by atoms with E-state index in [-0.39, 0.29) is 5.41 Å². The van der Waals surface area contributed by atoms with Crippen molar-refractivity contribution < 1.29 is 0 Å². The third-order valence-corrected chi connectivity index (χ3v) is 2.81. The van der Waals surface area contributed by atoms with Crippen LogP contribution in [0.3, 0.4) is 0 Å². The molecule has 1 aliphatic heterocycles. The maximum atomic E-state index is 4.52. The van der Waals surface area contributed by atoms with Crippen LogP contribution >= 0.6 is 0 Å². The van der Waals surface area contributed by atoms with Gasteiger partial charge in [-0.05, 0) is 25.4 Å². The highest BCUT2D eigenvalue weighted by atomic mass is 15.3. The van der Waals surface area contributed by atoms with Crippen LogP contribution in [0.5, 0.6) is 0 Å². The molecule has 2 rings (SSSR count). The Morgan fingerprint density at radius 3 is 2.87 bits per heavy atom. The summed E-state index contributed by atoms with van der Waals surface area (Å²) >= 11 is 0. The van der Waals surface area contributed by atoms with Gasteiger partial charge in [0.2, 0.25) is 0 Å². The molecule has 1 atom stereocenters. The van der Waals surface area contributed by atoms with Crippen LogP contribution in [0.1, 0.15) is 33.0 Å². The van der Waals surface area contributed by atoms with Crippen molar-refractivity contribution in [2.45, 2.75) is 39.2 Å². The number of nitrogens with zero attached hydrogens (tertiary/aromatic N) is 3. The average molecular weight is 208 g/mol. The quantitative estimate of drug-likeness (QED) is 0.793. The Morgan fingerprint density at radius 1 is 1.53 bits per heavy atom. The maximum absolute atomic E-state index is 4.52. The normalized spacial score (nSPS) is 22.2. The minimum Gasteiger partial charge on any atom is -0.316 e. The first-order valence-electron chi connectivity index (χ1n) is 5.66. The minimum atomic E-state index is 0.0547. The van der Waals surface area contributed by atoms with Crippen LogP contribution < -0.4 is 5.32 Å². The van der Waals surface area contributed by atoms with Crippen molar-refractivity contribution >= 4 is 0 Å². The van der Waals surface area contributed by atoms with E-state index in [1.54, 1.807) is 0 Å². The molecule has 0 bridgehead atoms. The standard InChI is InChI=1S/C11H20N4/c1-11(2,3)10-13-8-15(14-10)7-9-4-5-12-6-9/h8-9,12H,4-7H2,1-3H3. The fourth-order valence-electron chi connectivity index (χ4n) is 1.86. The van der Waals surface area contributed by atoms with Gasteiger partial charge in [0, 0.05) is 12.0 Å². The molecule has 15 heavy (non-hydrogen) atoms. The summed E-state index contributed by atoms with van der Waals surface area (Å²) in [5.41, 5.74) is 0.0547. The number of rotatable bonds is 2. The predicted octanol–water partition coefficient (Wildman–Crippen LogP) is 1.19. The summed E-state index contributed by atoms with van der Waals surface area (Å²) in [5.74, 6) is 1.66. The molecule has 1 aliphatic rings. The van der Waals surface area contributed by atoms with Crippen LogP contribution in [0.15, 0.2) is 6.33 Å². The monoisotopic (exact) mass is 208 g/mol. The molecule has 2 heterocycles. The zero-order valence-corrected chi connectivity index (χ0v) is 9.82. The summed E-state index contributed by atoms with van der Waals surface area (Å²) in [4.78, 5) is 4.36. The van der Waals surface area contributed by atoms with E-state index in [1.807, 2.05) is 11.0 Å². The smallest absolute Gasteiger partial charge is 0.155 e. The molecule has 0 aliphatic carbocycles. The lowest BCUT2D eigenvalue weighted by molar-refractivity contribution is 0.438. The Hall–Kier alpha value is -0.900. The van der Waals surface area contributed by atoms with Gasteiger partial charge < -0.3 is 5.32 Å². The van der Waals surface area contributed by atoms with Gasteiger partial charge in [0.05, 0.1) is 0 Å². The molecule has 0 saturated carbocycles. The van der Waals surface area contributed by atoms with Crippen LogP contribution in [-0.2, 0) is 12.0 Å². The van der Waals surface area contributed by atoms with E-state index in [9.17, 15) is 0 Å². The molecule has 1 unspecified atom stereocenters. The van der Waals surface area contributed by atoms with Gasteiger partial charge in [-0.15, -0.1) is 0 Å². The number of hydrogen-bond acceptors (Lipinski definition) is 3. The molecule has 0 aromatic carbocycles. The van der Waals surface area contributed by atoms with E-state index in [4.69, 9.17) is 0 Å². The van der Waals surface area contributed by atoms with Crippen molar-refractivity contribution in [2.75, 3.05) is 13.1 Å². The number of hydrogen-bond donors (Lipinski definition) is 1. The lowest BCUT2D eigenvalue weighted by Crippen LogP contribution is -2.17. The highest BCUT2D eigenvalue weighted by Gasteiger charge is 2.20. The predicted molar refractivity (Wildman–Crippen MR) is 59.7 cm³/mol. The summed E-state index contributed by atoms with van der Waals surface area (Å²) in [7, 11) is 0. The Kier molecular flexibility index (Phi) is 2.78. The van der Waals surface area contributed by atoms with Crippen LogP contribution in [0.25, 0.3) is 0 Å². The Labute approximate surface area is 91.1 Å². The Balaban J connectivity index is 2.00. The van der Waals surface area contributed by atoms with Gasteiger partial charge in [-0.3, -0.25) is 4.68 Å². The van der Waals surface area contributed by atoms with Crippen molar-refractivity contribution in [3.8, 4) is 0 Å².